The number of rotatable bonds is 2. The van der Waals surface area contributed by atoms with Gasteiger partial charge in [-0.15, -0.1) is 0 Å². The van der Waals surface area contributed by atoms with E-state index in [1.54, 1.807) is 11.3 Å². The zero-order chi connectivity index (χ0) is 14.0. The molecule has 0 aromatic carbocycles. The first-order valence-electron chi connectivity index (χ1n) is 7.80. The summed E-state index contributed by atoms with van der Waals surface area (Å²) in [5.74, 6) is 3.69. The molecule has 0 atom stereocenters. The van der Waals surface area contributed by atoms with Crippen molar-refractivity contribution in [3.8, 4) is 0 Å². The molecule has 4 bridgehead atoms. The first-order chi connectivity index (χ1) is 10.3. The fourth-order valence-electron chi connectivity index (χ4n) is 5.09. The maximum atomic E-state index is 6.10. The Labute approximate surface area is 132 Å². The lowest BCUT2D eigenvalue weighted by Gasteiger charge is -2.54. The van der Waals surface area contributed by atoms with Crippen LogP contribution in [-0.2, 0) is 0 Å². The second-order valence-electron chi connectivity index (χ2n) is 6.94. The molecule has 4 fully saturated rings. The quantitative estimate of drug-likeness (QED) is 0.850. The van der Waals surface area contributed by atoms with E-state index >= 15 is 0 Å². The Kier molecular flexibility index (Phi) is 2.71. The topological polar surface area (TPSA) is 50.7 Å². The van der Waals surface area contributed by atoms with Crippen molar-refractivity contribution in [1.29, 1.82) is 0 Å². The van der Waals surface area contributed by atoms with E-state index in [2.05, 4.69) is 20.3 Å². The van der Waals surface area contributed by atoms with E-state index in [1.165, 1.54) is 38.4 Å². The van der Waals surface area contributed by atoms with Crippen LogP contribution >= 0.6 is 22.9 Å². The summed E-state index contributed by atoms with van der Waals surface area (Å²) in [6.45, 7) is 0. The average molecular weight is 321 g/mol. The number of fused-ring (bicyclic) bond motifs is 1. The minimum atomic E-state index is 0.453. The summed E-state index contributed by atoms with van der Waals surface area (Å²) in [5.41, 5.74) is 0.732. The third kappa shape index (κ3) is 1.97. The van der Waals surface area contributed by atoms with Gasteiger partial charge in [-0.3, -0.25) is 0 Å². The van der Waals surface area contributed by atoms with Crippen LogP contribution in [0.5, 0.6) is 0 Å². The Balaban J connectivity index is 1.45. The highest BCUT2D eigenvalue weighted by Crippen LogP contribution is 2.54. The van der Waals surface area contributed by atoms with Crippen LogP contribution in [0.15, 0.2) is 6.33 Å². The first-order valence-corrected chi connectivity index (χ1v) is 8.99. The van der Waals surface area contributed by atoms with Crippen molar-refractivity contribution >= 4 is 38.4 Å². The van der Waals surface area contributed by atoms with Gasteiger partial charge in [0.05, 0.1) is 0 Å². The average Bonchev–Trinajstić information content (AvgIpc) is 2.86. The summed E-state index contributed by atoms with van der Waals surface area (Å²) in [5, 5.41) is 5.14. The van der Waals surface area contributed by atoms with Crippen molar-refractivity contribution in [2.45, 2.75) is 38.1 Å². The number of nitrogens with one attached hydrogen (secondary N) is 1. The van der Waals surface area contributed by atoms with Crippen LogP contribution in [0, 0.1) is 23.7 Å². The van der Waals surface area contributed by atoms with Crippen LogP contribution in [0.4, 0.5) is 5.13 Å². The second-order valence-corrected chi connectivity index (χ2v) is 8.27. The smallest absolute Gasteiger partial charge is 0.185 e. The zero-order valence-corrected chi connectivity index (χ0v) is 13.2. The molecule has 2 heterocycles. The lowest BCUT2D eigenvalue weighted by atomic mass is 9.54. The lowest BCUT2D eigenvalue weighted by Crippen LogP contribution is -2.51. The Morgan fingerprint density at radius 2 is 1.76 bits per heavy atom. The number of halogens is 1. The highest BCUT2D eigenvalue weighted by Gasteiger charge is 2.48. The van der Waals surface area contributed by atoms with Gasteiger partial charge in [0, 0.05) is 6.04 Å². The summed E-state index contributed by atoms with van der Waals surface area (Å²) in [6, 6.07) is 0.602. The van der Waals surface area contributed by atoms with Gasteiger partial charge in [0.1, 0.15) is 16.7 Å². The second kappa shape index (κ2) is 4.53. The molecule has 4 aliphatic carbocycles. The highest BCUT2D eigenvalue weighted by molar-refractivity contribution is 7.21. The minimum Gasteiger partial charge on any atom is -0.358 e. The van der Waals surface area contributed by atoms with Crippen molar-refractivity contribution < 1.29 is 0 Å². The summed E-state index contributed by atoms with van der Waals surface area (Å²) < 4.78 is 0. The van der Waals surface area contributed by atoms with Gasteiger partial charge in [-0.1, -0.05) is 22.9 Å². The summed E-state index contributed by atoms with van der Waals surface area (Å²) in [6.07, 6.45) is 8.65. The number of nitrogens with zero attached hydrogens (tertiary/aromatic N) is 3. The van der Waals surface area contributed by atoms with E-state index in [0.29, 0.717) is 11.2 Å². The van der Waals surface area contributed by atoms with Gasteiger partial charge < -0.3 is 5.32 Å². The monoisotopic (exact) mass is 320 g/mol. The largest absolute Gasteiger partial charge is 0.358 e. The van der Waals surface area contributed by atoms with Crippen LogP contribution < -0.4 is 5.32 Å². The molecule has 0 aliphatic heterocycles. The summed E-state index contributed by atoms with van der Waals surface area (Å²) in [4.78, 5) is 13.8. The van der Waals surface area contributed by atoms with Crippen molar-refractivity contribution in [3.63, 3.8) is 0 Å². The predicted octanol–water partition coefficient (Wildman–Crippen LogP) is 3.98. The van der Waals surface area contributed by atoms with Gasteiger partial charge in [0.25, 0.3) is 0 Å². The number of thiazole rings is 1. The van der Waals surface area contributed by atoms with E-state index in [0.717, 1.165) is 39.2 Å². The van der Waals surface area contributed by atoms with Crippen LogP contribution in [-0.4, -0.2) is 21.0 Å². The van der Waals surface area contributed by atoms with Crippen LogP contribution in [0.3, 0.4) is 0 Å². The van der Waals surface area contributed by atoms with E-state index in [9.17, 15) is 0 Å². The SMILES string of the molecule is Clc1ncnc2sc(NC3C4CC5CC(C4)CC3C5)nc12. The van der Waals surface area contributed by atoms with E-state index in [-0.39, 0.29) is 0 Å². The molecular formula is C15H17ClN4S. The van der Waals surface area contributed by atoms with Gasteiger partial charge in [0.15, 0.2) is 10.3 Å². The molecule has 0 radical (unpaired) electrons. The molecule has 2 aromatic rings. The maximum Gasteiger partial charge on any atom is 0.185 e. The molecule has 2 aromatic heterocycles. The van der Waals surface area contributed by atoms with Crippen molar-refractivity contribution in [3.05, 3.63) is 11.5 Å². The van der Waals surface area contributed by atoms with Crippen molar-refractivity contribution in [2.75, 3.05) is 5.32 Å². The van der Waals surface area contributed by atoms with Gasteiger partial charge in [-0.25, -0.2) is 15.0 Å². The molecule has 6 rings (SSSR count). The normalized spacial score (nSPS) is 37.3. The molecule has 4 aliphatic rings. The number of hydrogen-bond donors (Lipinski definition) is 1. The molecule has 0 spiro atoms. The van der Waals surface area contributed by atoms with Gasteiger partial charge in [-0.05, 0) is 55.8 Å². The Hall–Kier alpha value is -0.940. The van der Waals surface area contributed by atoms with Crippen molar-refractivity contribution in [2.24, 2.45) is 23.7 Å². The Morgan fingerprint density at radius 1 is 1.05 bits per heavy atom. The third-order valence-electron chi connectivity index (χ3n) is 5.67. The standard InChI is InChI=1S/C15H17ClN4S/c16-13-12-14(18-6-17-13)21-15(20-12)19-11-9-2-7-1-8(4-9)5-10(11)3-7/h6-11H,1-5H2,(H,19,20). The molecule has 0 unspecified atom stereocenters. The Morgan fingerprint density at radius 3 is 2.43 bits per heavy atom. The number of hydrogen-bond acceptors (Lipinski definition) is 5. The summed E-state index contributed by atoms with van der Waals surface area (Å²) in [7, 11) is 0. The molecule has 6 heteroatoms. The third-order valence-corrected chi connectivity index (χ3v) is 6.84. The molecular weight excluding hydrogens is 304 g/mol. The predicted molar refractivity (Wildman–Crippen MR) is 84.7 cm³/mol. The number of aromatic nitrogens is 3. The van der Waals surface area contributed by atoms with Gasteiger partial charge in [0.2, 0.25) is 0 Å². The van der Waals surface area contributed by atoms with E-state index < -0.39 is 0 Å². The minimum absolute atomic E-state index is 0.453. The fraction of sp³-hybridized carbons (Fsp3) is 0.667. The Bertz CT molecular complexity index is 672. The van der Waals surface area contributed by atoms with Crippen LogP contribution in [0.2, 0.25) is 5.15 Å². The molecule has 4 saturated carbocycles. The van der Waals surface area contributed by atoms with Gasteiger partial charge >= 0.3 is 0 Å². The molecule has 0 amide bonds. The summed E-state index contributed by atoms with van der Waals surface area (Å²) >= 11 is 7.70. The molecule has 4 nitrogen and oxygen atoms in total. The molecule has 21 heavy (non-hydrogen) atoms. The first kappa shape index (κ1) is 12.6. The molecule has 110 valence electrons. The molecule has 1 N–H and O–H groups in total. The zero-order valence-electron chi connectivity index (χ0n) is 11.6. The van der Waals surface area contributed by atoms with Crippen LogP contribution in [0.25, 0.3) is 10.3 Å². The molecule has 0 saturated heterocycles. The van der Waals surface area contributed by atoms with Crippen molar-refractivity contribution in [1.82, 2.24) is 15.0 Å². The lowest BCUT2D eigenvalue weighted by molar-refractivity contribution is 0.00754. The van der Waals surface area contributed by atoms with E-state index in [1.807, 2.05) is 0 Å². The van der Waals surface area contributed by atoms with Crippen LogP contribution in [0.1, 0.15) is 32.1 Å². The number of anilines is 1. The highest BCUT2D eigenvalue weighted by atomic mass is 35.5. The van der Waals surface area contributed by atoms with Gasteiger partial charge in [-0.2, -0.15) is 0 Å². The fourth-order valence-corrected chi connectivity index (χ4v) is 6.18. The maximum absolute atomic E-state index is 6.10. The van der Waals surface area contributed by atoms with E-state index in [4.69, 9.17) is 11.6 Å².